The number of nitrogens with one attached hydrogen (secondary N) is 2. The number of hydrogen-bond acceptors (Lipinski definition) is 2. The van der Waals surface area contributed by atoms with Crippen LogP contribution in [0, 0.1) is 5.92 Å². The Morgan fingerprint density at radius 3 is 2.12 bits per heavy atom. The second-order valence-electron chi connectivity index (χ2n) is 4.51. The van der Waals surface area contributed by atoms with Crippen LogP contribution in [0.3, 0.4) is 0 Å². The maximum absolute atomic E-state index is 11.8. The normalized spacial score (nSPS) is 14.3. The van der Waals surface area contributed by atoms with Crippen molar-refractivity contribution in [1.29, 1.82) is 0 Å². The van der Waals surface area contributed by atoms with Crippen molar-refractivity contribution in [2.24, 2.45) is 11.7 Å². The molecule has 4 N–H and O–H groups in total. The summed E-state index contributed by atoms with van der Waals surface area (Å²) in [6.07, 6.45) is 1.45. The fraction of sp³-hybridized carbons (Fsp3) is 0.818. The molecule has 0 rings (SSSR count). The summed E-state index contributed by atoms with van der Waals surface area (Å²) in [5.41, 5.74) is 5.04. The number of urea groups is 1. The lowest BCUT2D eigenvalue weighted by Gasteiger charge is -2.21. The van der Waals surface area contributed by atoms with Crippen LogP contribution in [0.15, 0.2) is 0 Å². The summed E-state index contributed by atoms with van der Waals surface area (Å²) in [5, 5.41) is 5.30. The number of nitrogens with two attached hydrogens (primary N) is 1. The number of carbonyl (C=O) groups is 2. The summed E-state index contributed by atoms with van der Waals surface area (Å²) in [6.45, 7) is 7.90. The standard InChI is InChI=1S/C11H23N3O2/c1-5-8(4)13-10(15)9(6-7(2)3)14-11(12)16/h7-9H,5-6H2,1-4H3,(H,13,15)(H3,12,14,16)/t8-,9+/m1/s1. The van der Waals surface area contributed by atoms with Gasteiger partial charge in [-0.2, -0.15) is 0 Å². The molecule has 5 heteroatoms. The Morgan fingerprint density at radius 2 is 1.75 bits per heavy atom. The number of hydrogen-bond donors (Lipinski definition) is 3. The monoisotopic (exact) mass is 229 g/mol. The van der Waals surface area contributed by atoms with Crippen LogP contribution in [0.4, 0.5) is 4.79 Å². The van der Waals surface area contributed by atoms with Crippen molar-refractivity contribution >= 4 is 11.9 Å². The first-order valence-corrected chi connectivity index (χ1v) is 5.73. The number of amides is 3. The van der Waals surface area contributed by atoms with Crippen LogP contribution in [-0.2, 0) is 4.79 Å². The topological polar surface area (TPSA) is 84.2 Å². The molecule has 0 aliphatic heterocycles. The van der Waals surface area contributed by atoms with E-state index in [4.69, 9.17) is 5.73 Å². The quantitative estimate of drug-likeness (QED) is 0.634. The lowest BCUT2D eigenvalue weighted by Crippen LogP contribution is -2.50. The minimum absolute atomic E-state index is 0.108. The maximum atomic E-state index is 11.8. The molecule has 0 spiro atoms. The highest BCUT2D eigenvalue weighted by molar-refractivity contribution is 5.86. The molecule has 0 bridgehead atoms. The summed E-state index contributed by atoms with van der Waals surface area (Å²) >= 11 is 0. The van der Waals surface area contributed by atoms with E-state index in [1.807, 2.05) is 27.7 Å². The summed E-state index contributed by atoms with van der Waals surface area (Å²) in [4.78, 5) is 22.6. The zero-order valence-electron chi connectivity index (χ0n) is 10.5. The van der Waals surface area contributed by atoms with Gasteiger partial charge < -0.3 is 16.4 Å². The average Bonchev–Trinajstić information content (AvgIpc) is 2.15. The van der Waals surface area contributed by atoms with Crippen LogP contribution in [0.25, 0.3) is 0 Å². The Kier molecular flexibility index (Phi) is 6.53. The van der Waals surface area contributed by atoms with Crippen molar-refractivity contribution in [3.05, 3.63) is 0 Å². The zero-order chi connectivity index (χ0) is 12.7. The molecule has 3 amide bonds. The molecular weight excluding hydrogens is 206 g/mol. The first-order valence-electron chi connectivity index (χ1n) is 5.73. The molecule has 0 aliphatic rings. The van der Waals surface area contributed by atoms with Crippen molar-refractivity contribution in [3.8, 4) is 0 Å². The van der Waals surface area contributed by atoms with Crippen LogP contribution < -0.4 is 16.4 Å². The van der Waals surface area contributed by atoms with Crippen LogP contribution in [-0.4, -0.2) is 24.0 Å². The molecule has 5 nitrogen and oxygen atoms in total. The summed E-state index contributed by atoms with van der Waals surface area (Å²) < 4.78 is 0. The Hall–Kier alpha value is -1.26. The molecule has 0 aromatic heterocycles. The van der Waals surface area contributed by atoms with Crippen molar-refractivity contribution in [3.63, 3.8) is 0 Å². The molecule has 0 saturated carbocycles. The van der Waals surface area contributed by atoms with Gasteiger partial charge in [-0.3, -0.25) is 4.79 Å². The van der Waals surface area contributed by atoms with Gasteiger partial charge in [-0.15, -0.1) is 0 Å². The number of rotatable bonds is 6. The third kappa shape index (κ3) is 6.27. The van der Waals surface area contributed by atoms with Gasteiger partial charge in [0.05, 0.1) is 0 Å². The molecule has 0 radical (unpaired) electrons. The van der Waals surface area contributed by atoms with Gasteiger partial charge in [-0.05, 0) is 25.7 Å². The van der Waals surface area contributed by atoms with Gasteiger partial charge in [0.25, 0.3) is 0 Å². The Labute approximate surface area is 97.2 Å². The van der Waals surface area contributed by atoms with E-state index < -0.39 is 12.1 Å². The lowest BCUT2D eigenvalue weighted by molar-refractivity contribution is -0.123. The molecule has 0 fully saturated rings. The van der Waals surface area contributed by atoms with E-state index in [0.717, 1.165) is 6.42 Å². The largest absolute Gasteiger partial charge is 0.352 e. The molecule has 16 heavy (non-hydrogen) atoms. The van der Waals surface area contributed by atoms with E-state index in [1.165, 1.54) is 0 Å². The van der Waals surface area contributed by atoms with Crippen molar-refractivity contribution in [2.45, 2.75) is 52.6 Å². The van der Waals surface area contributed by atoms with Crippen molar-refractivity contribution in [1.82, 2.24) is 10.6 Å². The molecule has 0 aromatic carbocycles. The summed E-state index contributed by atoms with van der Waals surface area (Å²) in [6, 6.07) is -1.09. The van der Waals surface area contributed by atoms with Gasteiger partial charge in [-0.1, -0.05) is 20.8 Å². The van der Waals surface area contributed by atoms with E-state index in [1.54, 1.807) is 0 Å². The van der Waals surface area contributed by atoms with E-state index in [-0.39, 0.29) is 11.9 Å². The second-order valence-corrected chi connectivity index (χ2v) is 4.51. The number of carbonyl (C=O) groups excluding carboxylic acids is 2. The van der Waals surface area contributed by atoms with Gasteiger partial charge in [0.1, 0.15) is 6.04 Å². The van der Waals surface area contributed by atoms with Crippen molar-refractivity contribution in [2.75, 3.05) is 0 Å². The van der Waals surface area contributed by atoms with E-state index >= 15 is 0 Å². The van der Waals surface area contributed by atoms with Crippen LogP contribution >= 0.6 is 0 Å². The zero-order valence-corrected chi connectivity index (χ0v) is 10.5. The Morgan fingerprint density at radius 1 is 1.19 bits per heavy atom. The molecule has 0 unspecified atom stereocenters. The summed E-state index contributed by atoms with van der Waals surface area (Å²) in [7, 11) is 0. The number of primary amides is 1. The highest BCUT2D eigenvalue weighted by Gasteiger charge is 2.21. The first kappa shape index (κ1) is 14.7. The van der Waals surface area contributed by atoms with Gasteiger partial charge in [0, 0.05) is 6.04 Å². The molecule has 0 aliphatic carbocycles. The molecule has 0 heterocycles. The Bertz CT molecular complexity index is 241. The average molecular weight is 229 g/mol. The maximum Gasteiger partial charge on any atom is 0.312 e. The SMILES string of the molecule is CC[C@@H](C)NC(=O)[C@H](CC(C)C)NC(N)=O. The van der Waals surface area contributed by atoms with E-state index in [2.05, 4.69) is 10.6 Å². The fourth-order valence-corrected chi connectivity index (χ4v) is 1.32. The second kappa shape index (κ2) is 7.09. The van der Waals surface area contributed by atoms with Gasteiger partial charge in [-0.25, -0.2) is 4.79 Å². The van der Waals surface area contributed by atoms with E-state index in [9.17, 15) is 9.59 Å². The third-order valence-corrected chi connectivity index (χ3v) is 2.34. The predicted molar refractivity (Wildman–Crippen MR) is 63.9 cm³/mol. The highest BCUT2D eigenvalue weighted by Crippen LogP contribution is 2.05. The van der Waals surface area contributed by atoms with Gasteiger partial charge in [0.15, 0.2) is 0 Å². The highest BCUT2D eigenvalue weighted by atomic mass is 16.2. The molecule has 2 atom stereocenters. The van der Waals surface area contributed by atoms with Crippen LogP contribution in [0.5, 0.6) is 0 Å². The predicted octanol–water partition coefficient (Wildman–Crippen LogP) is 0.984. The minimum Gasteiger partial charge on any atom is -0.352 e. The Balaban J connectivity index is 4.37. The van der Waals surface area contributed by atoms with Gasteiger partial charge >= 0.3 is 6.03 Å². The van der Waals surface area contributed by atoms with Gasteiger partial charge in [0.2, 0.25) is 5.91 Å². The molecular formula is C11H23N3O2. The third-order valence-electron chi connectivity index (χ3n) is 2.34. The molecule has 0 saturated heterocycles. The smallest absolute Gasteiger partial charge is 0.312 e. The minimum atomic E-state index is -0.662. The summed E-state index contributed by atoms with van der Waals surface area (Å²) in [5.74, 6) is 0.154. The fourth-order valence-electron chi connectivity index (χ4n) is 1.32. The molecule has 0 aromatic rings. The lowest BCUT2D eigenvalue weighted by atomic mass is 10.0. The van der Waals surface area contributed by atoms with Crippen LogP contribution in [0.2, 0.25) is 0 Å². The molecule has 94 valence electrons. The van der Waals surface area contributed by atoms with Crippen molar-refractivity contribution < 1.29 is 9.59 Å². The van der Waals surface area contributed by atoms with E-state index in [0.29, 0.717) is 12.3 Å². The van der Waals surface area contributed by atoms with Crippen LogP contribution in [0.1, 0.15) is 40.5 Å². The first-order chi connectivity index (χ1) is 7.36.